The lowest BCUT2D eigenvalue weighted by Gasteiger charge is -2.44. The second-order valence-electron chi connectivity index (χ2n) is 5.72. The van der Waals surface area contributed by atoms with E-state index >= 15 is 0 Å². The Morgan fingerprint density at radius 3 is 2.89 bits per heavy atom. The summed E-state index contributed by atoms with van der Waals surface area (Å²) in [6.07, 6.45) is 4.43. The summed E-state index contributed by atoms with van der Waals surface area (Å²) in [6.45, 7) is 5.39. The van der Waals surface area contributed by atoms with Gasteiger partial charge in [-0.15, -0.1) is 0 Å². The second kappa shape index (κ2) is 5.78. The van der Waals surface area contributed by atoms with Gasteiger partial charge in [0.15, 0.2) is 0 Å². The van der Waals surface area contributed by atoms with Gasteiger partial charge in [-0.05, 0) is 45.2 Å². The number of amides is 1. The fourth-order valence-electron chi connectivity index (χ4n) is 2.80. The number of carbonyl (C=O) groups excluding carboxylic acids is 1. The van der Waals surface area contributed by atoms with Crippen molar-refractivity contribution in [1.82, 2.24) is 4.90 Å². The Morgan fingerprint density at radius 1 is 1.47 bits per heavy atom. The molecule has 0 aromatic carbocycles. The Morgan fingerprint density at radius 2 is 2.26 bits per heavy atom. The van der Waals surface area contributed by atoms with Crippen molar-refractivity contribution < 1.29 is 9.21 Å². The summed E-state index contributed by atoms with van der Waals surface area (Å²) < 4.78 is 5.50. The van der Waals surface area contributed by atoms with Gasteiger partial charge >= 0.3 is 0 Å². The predicted octanol–water partition coefficient (Wildman–Crippen LogP) is 2.25. The van der Waals surface area contributed by atoms with Gasteiger partial charge in [-0.1, -0.05) is 0 Å². The maximum absolute atomic E-state index is 12.4. The Bertz CT molecular complexity index is 441. The predicted molar refractivity (Wildman–Crippen MR) is 74.8 cm³/mol. The van der Waals surface area contributed by atoms with Crippen LogP contribution in [0.1, 0.15) is 44.1 Å². The lowest BCUT2D eigenvalue weighted by atomic mass is 9.88. The van der Waals surface area contributed by atoms with E-state index < -0.39 is 0 Å². The molecule has 0 bridgehead atoms. The van der Waals surface area contributed by atoms with E-state index in [1.54, 1.807) is 0 Å². The van der Waals surface area contributed by atoms with E-state index in [0.717, 1.165) is 37.3 Å². The highest BCUT2D eigenvalue weighted by Crippen LogP contribution is 2.27. The van der Waals surface area contributed by atoms with Crippen LogP contribution in [0.3, 0.4) is 0 Å². The normalized spacial score (nSPS) is 23.6. The zero-order valence-electron chi connectivity index (χ0n) is 11.9. The molecule has 1 atom stereocenters. The van der Waals surface area contributed by atoms with Crippen LogP contribution in [0.2, 0.25) is 0 Å². The van der Waals surface area contributed by atoms with Gasteiger partial charge in [0.1, 0.15) is 11.5 Å². The summed E-state index contributed by atoms with van der Waals surface area (Å²) in [5, 5.41) is 0. The van der Waals surface area contributed by atoms with Gasteiger partial charge in [0.05, 0.1) is 5.54 Å². The zero-order valence-corrected chi connectivity index (χ0v) is 11.9. The third-order valence-corrected chi connectivity index (χ3v) is 4.12. The third-order valence-electron chi connectivity index (χ3n) is 4.12. The average molecular weight is 264 g/mol. The van der Waals surface area contributed by atoms with Crippen LogP contribution in [0.15, 0.2) is 16.5 Å². The lowest BCUT2D eigenvalue weighted by molar-refractivity contribution is -0.138. The number of nitrogens with two attached hydrogens (primary N) is 1. The van der Waals surface area contributed by atoms with Crippen molar-refractivity contribution in [3.05, 3.63) is 23.7 Å². The summed E-state index contributed by atoms with van der Waals surface area (Å²) in [5.74, 6) is 1.98. The molecule has 1 fully saturated rings. The molecule has 19 heavy (non-hydrogen) atoms. The first-order chi connectivity index (χ1) is 9.05. The zero-order chi connectivity index (χ0) is 13.9. The number of carbonyl (C=O) groups is 1. The Kier molecular flexibility index (Phi) is 4.30. The number of hydrogen-bond donors (Lipinski definition) is 1. The molecule has 1 aliphatic heterocycles. The van der Waals surface area contributed by atoms with Crippen LogP contribution in [-0.2, 0) is 11.2 Å². The van der Waals surface area contributed by atoms with Crippen molar-refractivity contribution in [2.24, 2.45) is 5.73 Å². The number of nitrogens with zero attached hydrogens (tertiary/aromatic N) is 1. The smallest absolute Gasteiger partial charge is 0.223 e. The maximum atomic E-state index is 12.4. The van der Waals surface area contributed by atoms with Gasteiger partial charge in [-0.3, -0.25) is 4.79 Å². The van der Waals surface area contributed by atoms with E-state index in [4.69, 9.17) is 10.2 Å². The highest BCUT2D eigenvalue weighted by molar-refractivity contribution is 5.77. The molecule has 2 N–H and O–H groups in total. The van der Waals surface area contributed by atoms with Gasteiger partial charge in [0.25, 0.3) is 0 Å². The van der Waals surface area contributed by atoms with Crippen molar-refractivity contribution in [1.29, 1.82) is 0 Å². The summed E-state index contributed by atoms with van der Waals surface area (Å²) in [6, 6.07) is 3.88. The molecule has 106 valence electrons. The van der Waals surface area contributed by atoms with Crippen molar-refractivity contribution in [2.45, 2.75) is 51.5 Å². The molecule has 1 unspecified atom stereocenters. The number of furan rings is 1. The van der Waals surface area contributed by atoms with Gasteiger partial charge in [-0.2, -0.15) is 0 Å². The van der Waals surface area contributed by atoms with Crippen LogP contribution in [0.25, 0.3) is 0 Å². The van der Waals surface area contributed by atoms with Crippen molar-refractivity contribution in [3.8, 4) is 0 Å². The van der Waals surface area contributed by atoms with E-state index in [2.05, 4.69) is 6.92 Å². The van der Waals surface area contributed by atoms with Crippen LogP contribution in [-0.4, -0.2) is 29.4 Å². The molecule has 0 saturated carbocycles. The Hall–Kier alpha value is -1.29. The molecule has 1 aromatic heterocycles. The van der Waals surface area contributed by atoms with Crippen LogP contribution >= 0.6 is 0 Å². The van der Waals surface area contributed by atoms with Crippen LogP contribution in [0, 0.1) is 6.92 Å². The summed E-state index contributed by atoms with van der Waals surface area (Å²) in [4.78, 5) is 14.4. The van der Waals surface area contributed by atoms with Gasteiger partial charge in [0.2, 0.25) is 5.91 Å². The molecule has 1 amide bonds. The largest absolute Gasteiger partial charge is 0.466 e. The highest BCUT2D eigenvalue weighted by atomic mass is 16.3. The average Bonchev–Trinajstić information content (AvgIpc) is 2.82. The fourth-order valence-corrected chi connectivity index (χ4v) is 2.80. The standard InChI is InChI=1S/C15H24N2O2/c1-12-5-6-13(19-12)7-8-14(18)17-10-4-3-9-15(17,2)11-16/h5-6H,3-4,7-11,16H2,1-2H3. The van der Waals surface area contributed by atoms with Gasteiger partial charge in [-0.25, -0.2) is 0 Å². The molecule has 2 heterocycles. The Labute approximate surface area is 114 Å². The SMILES string of the molecule is Cc1ccc(CCC(=O)N2CCCCC2(C)CN)o1. The molecule has 4 heteroatoms. The minimum absolute atomic E-state index is 0.158. The second-order valence-corrected chi connectivity index (χ2v) is 5.72. The van der Waals surface area contributed by atoms with Gasteiger partial charge in [0, 0.05) is 25.9 Å². The summed E-state index contributed by atoms with van der Waals surface area (Å²) in [7, 11) is 0. The summed E-state index contributed by atoms with van der Waals surface area (Å²) in [5.41, 5.74) is 5.71. The number of likely N-dealkylation sites (tertiary alicyclic amines) is 1. The fraction of sp³-hybridized carbons (Fsp3) is 0.667. The molecule has 1 aromatic rings. The van der Waals surface area contributed by atoms with E-state index in [9.17, 15) is 4.79 Å². The number of aryl methyl sites for hydroxylation is 2. The Balaban J connectivity index is 1.94. The number of hydrogen-bond acceptors (Lipinski definition) is 3. The van der Waals surface area contributed by atoms with Crippen LogP contribution < -0.4 is 5.73 Å². The monoisotopic (exact) mass is 264 g/mol. The van der Waals surface area contributed by atoms with E-state index in [1.807, 2.05) is 24.0 Å². The summed E-state index contributed by atoms with van der Waals surface area (Å²) >= 11 is 0. The lowest BCUT2D eigenvalue weighted by Crippen LogP contribution is -2.56. The quantitative estimate of drug-likeness (QED) is 0.907. The highest BCUT2D eigenvalue weighted by Gasteiger charge is 2.35. The minimum Gasteiger partial charge on any atom is -0.466 e. The molecule has 1 aliphatic rings. The number of rotatable bonds is 4. The van der Waals surface area contributed by atoms with E-state index in [0.29, 0.717) is 19.4 Å². The molecular formula is C15H24N2O2. The third kappa shape index (κ3) is 3.18. The maximum Gasteiger partial charge on any atom is 0.223 e. The van der Waals surface area contributed by atoms with Crippen molar-refractivity contribution in [2.75, 3.05) is 13.1 Å². The topological polar surface area (TPSA) is 59.5 Å². The molecule has 0 aliphatic carbocycles. The van der Waals surface area contributed by atoms with Crippen molar-refractivity contribution >= 4 is 5.91 Å². The van der Waals surface area contributed by atoms with Crippen molar-refractivity contribution in [3.63, 3.8) is 0 Å². The first kappa shape index (κ1) is 14.1. The van der Waals surface area contributed by atoms with Gasteiger partial charge < -0.3 is 15.1 Å². The first-order valence-electron chi connectivity index (χ1n) is 7.11. The molecular weight excluding hydrogens is 240 g/mol. The van der Waals surface area contributed by atoms with Crippen LogP contribution in [0.4, 0.5) is 0 Å². The minimum atomic E-state index is -0.158. The molecule has 1 saturated heterocycles. The van der Waals surface area contributed by atoms with Crippen LogP contribution in [0.5, 0.6) is 0 Å². The van der Waals surface area contributed by atoms with E-state index in [1.165, 1.54) is 0 Å². The molecule has 4 nitrogen and oxygen atoms in total. The number of piperidine rings is 1. The molecule has 0 radical (unpaired) electrons. The molecule has 2 rings (SSSR count). The first-order valence-corrected chi connectivity index (χ1v) is 7.11. The molecule has 0 spiro atoms. The van der Waals surface area contributed by atoms with E-state index in [-0.39, 0.29) is 11.4 Å².